The third-order valence-corrected chi connectivity index (χ3v) is 5.80. The van der Waals surface area contributed by atoms with Crippen molar-refractivity contribution in [2.45, 2.75) is 25.8 Å². The van der Waals surface area contributed by atoms with Gasteiger partial charge in [-0.3, -0.25) is 19.5 Å². The maximum absolute atomic E-state index is 13.4. The summed E-state index contributed by atoms with van der Waals surface area (Å²) in [5.74, 6) is -0.248. The lowest BCUT2D eigenvalue weighted by Crippen LogP contribution is -2.44. The molecule has 0 aliphatic carbocycles. The molecule has 2 aromatic carbocycles. The molecule has 1 aromatic heterocycles. The van der Waals surface area contributed by atoms with Crippen LogP contribution in [0.3, 0.4) is 0 Å². The summed E-state index contributed by atoms with van der Waals surface area (Å²) in [5.41, 5.74) is 1.43. The maximum atomic E-state index is 13.4. The van der Waals surface area contributed by atoms with Crippen LogP contribution in [0.5, 0.6) is 5.75 Å². The highest BCUT2D eigenvalue weighted by molar-refractivity contribution is 6.11. The number of hydrogen-bond acceptors (Lipinski definition) is 5. The lowest BCUT2D eigenvalue weighted by Gasteiger charge is -2.26. The molecule has 1 saturated heterocycles. The smallest absolute Gasteiger partial charge is 0.325 e. The molecular weight excluding hydrogens is 408 g/mol. The summed E-state index contributed by atoms with van der Waals surface area (Å²) in [6, 6.07) is 13.9. The predicted octanol–water partition coefficient (Wildman–Crippen LogP) is 3.35. The first-order valence-corrected chi connectivity index (χ1v) is 10.3. The minimum Gasteiger partial charge on any atom is -0.496 e. The van der Waals surface area contributed by atoms with Crippen LogP contribution in [0.4, 0.5) is 10.5 Å². The molecule has 1 unspecified atom stereocenters. The fourth-order valence-corrected chi connectivity index (χ4v) is 4.09. The van der Waals surface area contributed by atoms with Gasteiger partial charge >= 0.3 is 6.03 Å². The number of hydrogen-bond donors (Lipinski definition) is 2. The molecule has 1 fully saturated rings. The molecule has 0 saturated carbocycles. The summed E-state index contributed by atoms with van der Waals surface area (Å²) >= 11 is 0. The number of amides is 4. The number of rotatable bonds is 6. The van der Waals surface area contributed by atoms with E-state index in [1.807, 2.05) is 44.2 Å². The topological polar surface area (TPSA) is 101 Å². The minimum absolute atomic E-state index is 0.342. The predicted molar refractivity (Wildman–Crippen MR) is 120 cm³/mol. The second kappa shape index (κ2) is 8.30. The van der Waals surface area contributed by atoms with Crippen molar-refractivity contribution in [2.75, 3.05) is 19.0 Å². The molecule has 1 atom stereocenters. The molecular formula is C24H24N4O4. The average molecular weight is 432 g/mol. The number of para-hydroxylation sites is 1. The molecule has 4 rings (SSSR count). The fraction of sp³-hybridized carbons (Fsp3) is 0.250. The van der Waals surface area contributed by atoms with Gasteiger partial charge in [-0.1, -0.05) is 31.2 Å². The van der Waals surface area contributed by atoms with Gasteiger partial charge < -0.3 is 15.4 Å². The Hall–Kier alpha value is -3.94. The van der Waals surface area contributed by atoms with Gasteiger partial charge in [-0.05, 0) is 48.7 Å². The third-order valence-electron chi connectivity index (χ3n) is 5.80. The summed E-state index contributed by atoms with van der Waals surface area (Å²) in [6.07, 6.45) is 1.98. The number of ether oxygens (including phenoxy) is 1. The molecule has 1 aliphatic rings. The first-order valence-electron chi connectivity index (χ1n) is 10.3. The third kappa shape index (κ3) is 3.53. The van der Waals surface area contributed by atoms with Crippen molar-refractivity contribution in [1.29, 1.82) is 0 Å². The Kier molecular flexibility index (Phi) is 5.52. The van der Waals surface area contributed by atoms with Gasteiger partial charge in [0, 0.05) is 11.6 Å². The largest absolute Gasteiger partial charge is 0.496 e. The van der Waals surface area contributed by atoms with Gasteiger partial charge in [0.05, 0.1) is 18.3 Å². The van der Waals surface area contributed by atoms with Gasteiger partial charge in [-0.15, -0.1) is 0 Å². The molecule has 0 radical (unpaired) electrons. The Morgan fingerprint density at radius 1 is 1.19 bits per heavy atom. The van der Waals surface area contributed by atoms with Crippen LogP contribution < -0.4 is 15.4 Å². The number of imide groups is 1. The van der Waals surface area contributed by atoms with E-state index < -0.39 is 29.9 Å². The van der Waals surface area contributed by atoms with Crippen LogP contribution in [0.25, 0.3) is 10.9 Å². The summed E-state index contributed by atoms with van der Waals surface area (Å²) in [6.45, 7) is 3.30. The van der Waals surface area contributed by atoms with E-state index in [0.29, 0.717) is 28.9 Å². The van der Waals surface area contributed by atoms with Gasteiger partial charge in [-0.25, -0.2) is 4.79 Å². The Morgan fingerprint density at radius 3 is 2.69 bits per heavy atom. The zero-order valence-corrected chi connectivity index (χ0v) is 18.1. The normalized spacial score (nSPS) is 18.0. The van der Waals surface area contributed by atoms with Gasteiger partial charge in [0.25, 0.3) is 5.91 Å². The van der Waals surface area contributed by atoms with Crippen LogP contribution >= 0.6 is 0 Å². The SMILES string of the molecule is CCC1(c2ccc(OC)c(C)c2)NC(=O)N(CC(=O)Nc2cccc3cccnc23)C1=O. The number of fused-ring (bicyclic) bond motifs is 1. The standard InChI is InChI=1S/C24H24N4O4/c1-4-24(17-10-11-19(32-3)15(2)13-17)22(30)28(23(31)27-24)14-20(29)26-18-9-5-7-16-8-6-12-25-21(16)18/h5-13H,4,14H2,1-3H3,(H,26,29)(H,27,31). The van der Waals surface area contributed by atoms with E-state index >= 15 is 0 Å². The van der Waals surface area contributed by atoms with Crippen molar-refractivity contribution in [3.63, 3.8) is 0 Å². The Bertz CT molecular complexity index is 1220. The highest BCUT2D eigenvalue weighted by Gasteiger charge is 2.51. The minimum atomic E-state index is -1.23. The zero-order valence-electron chi connectivity index (χ0n) is 18.1. The van der Waals surface area contributed by atoms with Gasteiger partial charge in [0.1, 0.15) is 17.8 Å². The molecule has 4 amide bonds. The number of methoxy groups -OCH3 is 1. The molecule has 2 N–H and O–H groups in total. The lowest BCUT2D eigenvalue weighted by atomic mass is 9.86. The van der Waals surface area contributed by atoms with Crippen molar-refractivity contribution in [3.05, 3.63) is 65.9 Å². The molecule has 32 heavy (non-hydrogen) atoms. The highest BCUT2D eigenvalue weighted by Crippen LogP contribution is 2.34. The second-order valence-electron chi connectivity index (χ2n) is 7.69. The summed E-state index contributed by atoms with van der Waals surface area (Å²) in [5, 5.41) is 6.45. The number of carbonyl (C=O) groups excluding carboxylic acids is 3. The van der Waals surface area contributed by atoms with E-state index in [4.69, 9.17) is 4.74 Å². The van der Waals surface area contributed by atoms with E-state index in [1.54, 1.807) is 31.5 Å². The molecule has 1 aliphatic heterocycles. The average Bonchev–Trinajstić information content (AvgIpc) is 3.04. The zero-order chi connectivity index (χ0) is 22.9. The number of carbonyl (C=O) groups is 3. The van der Waals surface area contributed by atoms with Crippen LogP contribution in [-0.4, -0.2) is 41.4 Å². The quantitative estimate of drug-likeness (QED) is 0.582. The van der Waals surface area contributed by atoms with E-state index in [0.717, 1.165) is 15.8 Å². The van der Waals surface area contributed by atoms with Crippen molar-refractivity contribution in [2.24, 2.45) is 0 Å². The number of aromatic nitrogens is 1. The summed E-state index contributed by atoms with van der Waals surface area (Å²) < 4.78 is 5.30. The Labute approximate surface area is 185 Å². The van der Waals surface area contributed by atoms with E-state index in [1.165, 1.54) is 0 Å². The molecule has 3 aromatic rings. The number of nitrogens with one attached hydrogen (secondary N) is 2. The molecule has 0 bridgehead atoms. The Morgan fingerprint density at radius 2 is 1.97 bits per heavy atom. The fourth-order valence-electron chi connectivity index (χ4n) is 4.09. The van der Waals surface area contributed by atoms with E-state index in [9.17, 15) is 14.4 Å². The molecule has 0 spiro atoms. The number of nitrogens with zero attached hydrogens (tertiary/aromatic N) is 2. The monoisotopic (exact) mass is 432 g/mol. The molecule has 2 heterocycles. The van der Waals surface area contributed by atoms with Gasteiger partial charge in [-0.2, -0.15) is 0 Å². The van der Waals surface area contributed by atoms with Crippen molar-refractivity contribution in [1.82, 2.24) is 15.2 Å². The molecule has 164 valence electrons. The van der Waals surface area contributed by atoms with Gasteiger partial charge in [0.15, 0.2) is 0 Å². The number of pyridine rings is 1. The number of anilines is 1. The molecule has 8 heteroatoms. The van der Waals surface area contributed by atoms with Crippen LogP contribution in [0.1, 0.15) is 24.5 Å². The lowest BCUT2D eigenvalue weighted by molar-refractivity contribution is -0.134. The van der Waals surface area contributed by atoms with Crippen molar-refractivity contribution >= 4 is 34.4 Å². The van der Waals surface area contributed by atoms with Crippen LogP contribution in [-0.2, 0) is 15.1 Å². The second-order valence-corrected chi connectivity index (χ2v) is 7.69. The number of benzene rings is 2. The van der Waals surface area contributed by atoms with Crippen molar-refractivity contribution in [3.8, 4) is 5.75 Å². The van der Waals surface area contributed by atoms with Crippen molar-refractivity contribution < 1.29 is 19.1 Å². The highest BCUT2D eigenvalue weighted by atomic mass is 16.5. The maximum Gasteiger partial charge on any atom is 0.325 e. The van der Waals surface area contributed by atoms with Gasteiger partial charge in [0.2, 0.25) is 5.91 Å². The Balaban J connectivity index is 1.57. The summed E-state index contributed by atoms with van der Waals surface area (Å²) in [7, 11) is 1.58. The van der Waals surface area contributed by atoms with Crippen LogP contribution in [0.15, 0.2) is 54.7 Å². The van der Waals surface area contributed by atoms with Crippen LogP contribution in [0, 0.1) is 6.92 Å². The first kappa shape index (κ1) is 21.3. The summed E-state index contributed by atoms with van der Waals surface area (Å²) in [4.78, 5) is 44.1. The van der Waals surface area contributed by atoms with E-state index in [2.05, 4.69) is 15.6 Å². The van der Waals surface area contributed by atoms with Crippen LogP contribution in [0.2, 0.25) is 0 Å². The molecule has 8 nitrogen and oxygen atoms in total. The number of aryl methyl sites for hydroxylation is 1. The van der Waals surface area contributed by atoms with E-state index in [-0.39, 0.29) is 0 Å². The first-order chi connectivity index (χ1) is 15.4. The number of urea groups is 1.